The fourth-order valence-corrected chi connectivity index (χ4v) is 0.342. The number of benzene rings is 1. The maximum absolute atomic E-state index is 4.38. The van der Waals surface area contributed by atoms with Crippen LogP contribution in [0.4, 0.5) is 0 Å². The van der Waals surface area contributed by atoms with Crippen LogP contribution in [0, 0.1) is 11.3 Å². The van der Waals surface area contributed by atoms with E-state index in [4.69, 9.17) is 0 Å². The van der Waals surface area contributed by atoms with Crippen LogP contribution in [-0.2, 0) is 15.7 Å². The number of rotatable bonds is 0. The van der Waals surface area contributed by atoms with Crippen molar-refractivity contribution in [2.75, 3.05) is 0 Å². The van der Waals surface area contributed by atoms with E-state index in [0.717, 1.165) is 0 Å². The van der Waals surface area contributed by atoms with Crippen molar-refractivity contribution in [1.82, 2.24) is 0 Å². The molecule has 0 unspecified atom stereocenters. The van der Waals surface area contributed by atoms with E-state index in [0.29, 0.717) is 0 Å². The summed E-state index contributed by atoms with van der Waals surface area (Å²) in [5, 5.41) is 4.38. The quantitative estimate of drug-likeness (QED) is 0.483. The molecule has 1 heteroatoms. The Kier molecular flexibility index (Phi) is 6.15. The van der Waals surface area contributed by atoms with Gasteiger partial charge in [-0.05, 0) is 0 Å². The minimum atomic E-state index is 1.88. The molecule has 1 rings (SSSR count). The van der Waals surface area contributed by atoms with Gasteiger partial charge in [0.15, 0.2) is 0 Å². The van der Waals surface area contributed by atoms with Crippen molar-refractivity contribution >= 4 is 0 Å². The number of hydrogen-bond donors (Lipinski definition) is 0. The minimum Gasteiger partial charge on any atom is -0.184 e. The van der Waals surface area contributed by atoms with Crippen molar-refractivity contribution in [2.24, 2.45) is 0 Å². The molecule has 8 heavy (non-hydrogen) atoms. The Balaban J connectivity index is 0.000000222. The van der Waals surface area contributed by atoms with Crippen LogP contribution in [0.5, 0.6) is 0 Å². The Morgan fingerprint density at radius 3 is 1.62 bits per heavy atom. The monoisotopic (exact) mass is 142 g/mol. The molecular formula is C7H6Cr-. The summed E-state index contributed by atoms with van der Waals surface area (Å²) in [6.45, 7) is 0. The largest absolute Gasteiger partial charge is 0.184 e. The fraction of sp³-hybridized carbons (Fsp3) is 0. The maximum atomic E-state index is 4.38. The first-order valence-electron chi connectivity index (χ1n) is 2.15. The Morgan fingerprint density at radius 2 is 1.50 bits per heavy atom. The van der Waals surface area contributed by atoms with E-state index in [-0.39, 0.29) is 0 Å². The van der Waals surface area contributed by atoms with Crippen molar-refractivity contribution in [1.29, 1.82) is 0 Å². The molecule has 1 aromatic rings. The van der Waals surface area contributed by atoms with Crippen LogP contribution in [0.3, 0.4) is 0 Å². The molecule has 0 saturated heterocycles. The third-order valence-corrected chi connectivity index (χ3v) is 0.607. The first kappa shape index (κ1) is 7.53. The standard InChI is InChI=1S/C6H5.CH.Cr/c1-2-4-6-5-3-1;;/h1-5H;1H;/q-1;;. The maximum Gasteiger partial charge on any atom is -0.171 e. The molecule has 0 aliphatic heterocycles. The van der Waals surface area contributed by atoms with Gasteiger partial charge in [-0.25, -0.2) is 0 Å². The second-order valence-electron chi connectivity index (χ2n) is 1.08. The van der Waals surface area contributed by atoms with Crippen molar-refractivity contribution in [2.45, 2.75) is 0 Å². The molecule has 0 radical (unpaired) electrons. The van der Waals surface area contributed by atoms with Gasteiger partial charge < -0.3 is 0 Å². The van der Waals surface area contributed by atoms with E-state index in [1.165, 1.54) is 0 Å². The first-order chi connectivity index (χ1) is 4.00. The van der Waals surface area contributed by atoms with Crippen LogP contribution in [0.1, 0.15) is 0 Å². The van der Waals surface area contributed by atoms with E-state index in [9.17, 15) is 0 Å². The van der Waals surface area contributed by atoms with Crippen LogP contribution in [-0.4, -0.2) is 0 Å². The molecule has 0 fully saturated rings. The van der Waals surface area contributed by atoms with Crippen LogP contribution in [0.25, 0.3) is 0 Å². The molecule has 0 amide bonds. The van der Waals surface area contributed by atoms with Crippen molar-refractivity contribution in [3.63, 3.8) is 0 Å². The Labute approximate surface area is 57.7 Å². The van der Waals surface area contributed by atoms with Gasteiger partial charge in [0, 0.05) is 0 Å². The SMILES string of the molecule is [CH]#[Cr].[c-]1ccccc1. The summed E-state index contributed by atoms with van der Waals surface area (Å²) in [5.74, 6) is 0. The first-order valence-corrected chi connectivity index (χ1v) is 2.88. The summed E-state index contributed by atoms with van der Waals surface area (Å²) in [6, 6.07) is 12.5. The summed E-state index contributed by atoms with van der Waals surface area (Å²) >= 11 is 2.12. The fourth-order valence-electron chi connectivity index (χ4n) is 0.342. The second kappa shape index (κ2) is 6.53. The molecule has 0 nitrogen and oxygen atoms in total. The van der Waals surface area contributed by atoms with Gasteiger partial charge in [-0.3, -0.25) is 0 Å². The Morgan fingerprint density at radius 1 is 1.00 bits per heavy atom. The summed E-state index contributed by atoms with van der Waals surface area (Å²) in [7, 11) is 0. The van der Waals surface area contributed by atoms with Crippen molar-refractivity contribution in [3.05, 3.63) is 36.4 Å². The molecule has 1 aromatic carbocycles. The molecule has 0 bridgehead atoms. The number of hydrogen-bond acceptors (Lipinski definition) is 0. The van der Waals surface area contributed by atoms with Gasteiger partial charge in [0.1, 0.15) is 0 Å². The van der Waals surface area contributed by atoms with Crippen molar-refractivity contribution in [3.8, 4) is 5.19 Å². The van der Waals surface area contributed by atoms with Gasteiger partial charge in [0.25, 0.3) is 0 Å². The van der Waals surface area contributed by atoms with Gasteiger partial charge in [0.2, 0.25) is 0 Å². The van der Waals surface area contributed by atoms with Gasteiger partial charge in [0.05, 0.1) is 0 Å². The summed E-state index contributed by atoms with van der Waals surface area (Å²) in [4.78, 5) is 0. The van der Waals surface area contributed by atoms with E-state index in [2.05, 4.69) is 26.9 Å². The molecule has 0 atom stereocenters. The van der Waals surface area contributed by atoms with Crippen LogP contribution in [0.2, 0.25) is 0 Å². The molecule has 0 N–H and O–H groups in total. The molecular weight excluding hydrogens is 136 g/mol. The van der Waals surface area contributed by atoms with Crippen LogP contribution >= 0.6 is 0 Å². The van der Waals surface area contributed by atoms with Gasteiger partial charge in [-0.2, -0.15) is 36.4 Å². The molecule has 0 spiro atoms. The molecule has 0 saturated carbocycles. The molecule has 0 aromatic heterocycles. The third-order valence-electron chi connectivity index (χ3n) is 0.607. The topological polar surface area (TPSA) is 0 Å². The average Bonchev–Trinajstić information content (AvgIpc) is 1.96. The molecule has 41 valence electrons. The van der Waals surface area contributed by atoms with E-state index < -0.39 is 0 Å². The predicted octanol–water partition coefficient (Wildman–Crippen LogP) is 1.61. The summed E-state index contributed by atoms with van der Waals surface area (Å²) in [6.07, 6.45) is 0. The smallest absolute Gasteiger partial charge is 0.171 e. The zero-order valence-corrected chi connectivity index (χ0v) is 5.65. The van der Waals surface area contributed by atoms with Crippen LogP contribution < -0.4 is 0 Å². The van der Waals surface area contributed by atoms with Crippen LogP contribution in [0.15, 0.2) is 30.3 Å². The molecule has 0 heterocycles. The Hall–Kier alpha value is -0.468. The Bertz CT molecular complexity index is 105. The molecule has 0 aliphatic carbocycles. The zero-order chi connectivity index (χ0) is 6.24. The zero-order valence-electron chi connectivity index (χ0n) is 4.37. The summed E-state index contributed by atoms with van der Waals surface area (Å²) < 4.78 is 0. The van der Waals surface area contributed by atoms with E-state index in [1.807, 2.05) is 30.3 Å². The van der Waals surface area contributed by atoms with Gasteiger partial charge in [-0.15, -0.1) is 0 Å². The minimum absolute atomic E-state index is 1.88. The molecule has 0 aliphatic rings. The van der Waals surface area contributed by atoms with E-state index in [1.54, 1.807) is 0 Å². The second-order valence-corrected chi connectivity index (χ2v) is 1.08. The predicted molar refractivity (Wildman–Crippen MR) is 30.2 cm³/mol. The van der Waals surface area contributed by atoms with E-state index >= 15 is 0 Å². The van der Waals surface area contributed by atoms with Gasteiger partial charge in [-0.1, -0.05) is 0 Å². The van der Waals surface area contributed by atoms with Crippen molar-refractivity contribution < 1.29 is 15.7 Å². The van der Waals surface area contributed by atoms with Gasteiger partial charge >= 0.3 is 20.9 Å². The average molecular weight is 142 g/mol. The third kappa shape index (κ3) is 3.71. The summed E-state index contributed by atoms with van der Waals surface area (Å²) in [5.41, 5.74) is 0. The normalized spacial score (nSPS) is 6.25.